The van der Waals surface area contributed by atoms with Crippen molar-refractivity contribution in [1.29, 1.82) is 0 Å². The first-order valence-corrected chi connectivity index (χ1v) is 6.86. The van der Waals surface area contributed by atoms with E-state index in [-0.39, 0.29) is 18.0 Å². The quantitative estimate of drug-likeness (QED) is 0.587. The zero-order valence-electron chi connectivity index (χ0n) is 9.89. The van der Waals surface area contributed by atoms with Crippen LogP contribution in [0.5, 0.6) is 18.0 Å². The molecule has 3 heterocycles. The number of rotatable bonds is 6. The van der Waals surface area contributed by atoms with Crippen molar-refractivity contribution in [3.63, 3.8) is 0 Å². The van der Waals surface area contributed by atoms with Crippen molar-refractivity contribution in [2.75, 3.05) is 0 Å². The number of nitrogens with one attached hydrogen (secondary N) is 3. The number of hydrogen-bond acceptors (Lipinski definition) is 7. The molecule has 11 heteroatoms. The lowest BCUT2D eigenvalue weighted by atomic mass is 11.0. The van der Waals surface area contributed by atoms with Gasteiger partial charge in [-0.2, -0.15) is 4.57 Å². The lowest BCUT2D eigenvalue weighted by Crippen LogP contribution is -2.09. The molecule has 0 bridgehead atoms. The average molecular weight is 296 g/mol. The summed E-state index contributed by atoms with van der Waals surface area (Å²) in [5, 5.41) is 0. The molecular formula is C9H9N6O4P. The first-order valence-electron chi connectivity index (χ1n) is 5.40. The number of imidazole rings is 3. The van der Waals surface area contributed by atoms with Crippen molar-refractivity contribution < 1.29 is 18.1 Å². The Labute approximate surface area is 112 Å². The molecule has 0 spiro atoms. The largest absolute Gasteiger partial charge is 0.654 e. The molecule has 0 atom stereocenters. The highest BCUT2D eigenvalue weighted by Gasteiger charge is 2.36. The molecule has 0 aliphatic heterocycles. The molecule has 0 amide bonds. The maximum absolute atomic E-state index is 12.6. The van der Waals surface area contributed by atoms with Crippen LogP contribution in [-0.2, 0) is 4.57 Å². The molecule has 0 saturated heterocycles. The molecule has 3 aromatic heterocycles. The van der Waals surface area contributed by atoms with E-state index in [0.717, 1.165) is 0 Å². The number of aromatic amines is 3. The fraction of sp³-hybridized carbons (Fsp3) is 0. The summed E-state index contributed by atoms with van der Waals surface area (Å²) in [6.07, 6.45) is 8.79. The van der Waals surface area contributed by atoms with Gasteiger partial charge in [-0.3, -0.25) is 0 Å². The van der Waals surface area contributed by atoms with E-state index in [1.165, 1.54) is 37.2 Å². The molecule has 0 fully saturated rings. The highest BCUT2D eigenvalue weighted by atomic mass is 31.2. The summed E-state index contributed by atoms with van der Waals surface area (Å²) in [4.78, 5) is 19.2. The highest BCUT2D eigenvalue weighted by Crippen LogP contribution is 2.47. The molecule has 0 unspecified atom stereocenters. The Morgan fingerprint density at radius 2 is 1.10 bits per heavy atom. The minimum Gasteiger partial charge on any atom is -0.351 e. The smallest absolute Gasteiger partial charge is 0.351 e. The van der Waals surface area contributed by atoms with Crippen LogP contribution in [0.1, 0.15) is 0 Å². The molecule has 3 N–H and O–H groups in total. The summed E-state index contributed by atoms with van der Waals surface area (Å²) < 4.78 is 27.9. The molecule has 0 radical (unpaired) electrons. The summed E-state index contributed by atoms with van der Waals surface area (Å²) in [6, 6.07) is -0.0654. The van der Waals surface area contributed by atoms with Crippen molar-refractivity contribution >= 4 is 7.82 Å². The molecule has 0 aromatic carbocycles. The van der Waals surface area contributed by atoms with Crippen LogP contribution in [0.3, 0.4) is 0 Å². The summed E-state index contributed by atoms with van der Waals surface area (Å²) in [5.41, 5.74) is 0. The van der Waals surface area contributed by atoms with Gasteiger partial charge in [-0.15, -0.1) is 0 Å². The second-order valence-corrected chi connectivity index (χ2v) is 4.85. The van der Waals surface area contributed by atoms with E-state index in [2.05, 4.69) is 29.9 Å². The number of phosphoric ester groups is 1. The van der Waals surface area contributed by atoms with Crippen molar-refractivity contribution in [3.05, 3.63) is 37.2 Å². The topological polar surface area (TPSA) is 131 Å². The van der Waals surface area contributed by atoms with Crippen LogP contribution in [0, 0.1) is 0 Å². The molecule has 20 heavy (non-hydrogen) atoms. The molecule has 10 nitrogen and oxygen atoms in total. The van der Waals surface area contributed by atoms with Gasteiger partial charge in [0.1, 0.15) is 0 Å². The third-order valence-corrected chi connectivity index (χ3v) is 3.20. The second kappa shape index (κ2) is 5.10. The Bertz CT molecular complexity index is 585. The van der Waals surface area contributed by atoms with Gasteiger partial charge in [-0.1, -0.05) is 0 Å². The maximum atomic E-state index is 12.6. The van der Waals surface area contributed by atoms with E-state index < -0.39 is 7.82 Å². The standard InChI is InChI=1S/C9H9N6O4P/c16-20(17-7-10-1-2-11-7,18-8-12-3-4-13-8)19-9-14-5-6-15-9/h1-6H,(H,10,11)(H,12,13)(H,14,15). The van der Waals surface area contributed by atoms with Crippen LogP contribution in [-0.4, -0.2) is 29.9 Å². The van der Waals surface area contributed by atoms with Crippen molar-refractivity contribution in [2.45, 2.75) is 0 Å². The van der Waals surface area contributed by atoms with Gasteiger partial charge in [-0.05, 0) is 0 Å². The number of aromatic nitrogens is 6. The van der Waals surface area contributed by atoms with Crippen molar-refractivity contribution in [2.24, 2.45) is 0 Å². The van der Waals surface area contributed by atoms with Gasteiger partial charge < -0.3 is 28.5 Å². The maximum Gasteiger partial charge on any atom is 0.654 e. The summed E-state index contributed by atoms with van der Waals surface area (Å²) in [5.74, 6) is 0. The van der Waals surface area contributed by atoms with E-state index in [1.807, 2.05) is 0 Å². The summed E-state index contributed by atoms with van der Waals surface area (Å²) >= 11 is 0. The van der Waals surface area contributed by atoms with Gasteiger partial charge in [-0.25, -0.2) is 15.0 Å². The fourth-order valence-electron chi connectivity index (χ4n) is 1.28. The van der Waals surface area contributed by atoms with E-state index in [9.17, 15) is 4.57 Å². The Balaban J connectivity index is 1.83. The van der Waals surface area contributed by atoms with Crippen LogP contribution in [0.15, 0.2) is 37.2 Å². The molecule has 104 valence electrons. The minimum absolute atomic E-state index is 0.0218. The zero-order chi connectivity index (χ0) is 13.8. The zero-order valence-corrected chi connectivity index (χ0v) is 10.8. The van der Waals surface area contributed by atoms with E-state index in [0.29, 0.717) is 0 Å². The van der Waals surface area contributed by atoms with Gasteiger partial charge >= 0.3 is 25.9 Å². The van der Waals surface area contributed by atoms with Crippen molar-refractivity contribution in [1.82, 2.24) is 29.9 Å². The monoisotopic (exact) mass is 296 g/mol. The SMILES string of the molecule is O=P(Oc1ncc[nH]1)(Oc1ncc[nH]1)Oc1ncc[nH]1. The molecular weight excluding hydrogens is 287 g/mol. The third kappa shape index (κ3) is 2.81. The number of H-pyrrole nitrogens is 3. The van der Waals surface area contributed by atoms with E-state index in [1.54, 1.807) is 0 Å². The summed E-state index contributed by atoms with van der Waals surface area (Å²) in [7, 11) is -4.07. The highest BCUT2D eigenvalue weighted by molar-refractivity contribution is 7.49. The Hall–Kier alpha value is -2.74. The predicted molar refractivity (Wildman–Crippen MR) is 65.3 cm³/mol. The predicted octanol–water partition coefficient (Wildman–Crippen LogP) is 1.50. The van der Waals surface area contributed by atoms with E-state index in [4.69, 9.17) is 13.6 Å². The second-order valence-electron chi connectivity index (χ2n) is 3.40. The third-order valence-electron chi connectivity index (χ3n) is 2.01. The molecule has 3 rings (SSSR count). The Morgan fingerprint density at radius 1 is 0.750 bits per heavy atom. The van der Waals surface area contributed by atoms with Gasteiger partial charge in [0.15, 0.2) is 0 Å². The van der Waals surface area contributed by atoms with Crippen LogP contribution >= 0.6 is 7.82 Å². The number of hydrogen-bond donors (Lipinski definition) is 3. The van der Waals surface area contributed by atoms with Gasteiger partial charge in [0, 0.05) is 37.2 Å². The van der Waals surface area contributed by atoms with E-state index >= 15 is 0 Å². The average Bonchev–Trinajstić information content (AvgIpc) is 3.11. The van der Waals surface area contributed by atoms with Crippen LogP contribution in [0.25, 0.3) is 0 Å². The molecule has 0 saturated carbocycles. The van der Waals surface area contributed by atoms with Gasteiger partial charge in [0.2, 0.25) is 0 Å². The first kappa shape index (κ1) is 12.3. The minimum atomic E-state index is -4.07. The lowest BCUT2D eigenvalue weighted by molar-refractivity contribution is 0.277. The van der Waals surface area contributed by atoms with Crippen molar-refractivity contribution in [3.8, 4) is 18.0 Å². The van der Waals surface area contributed by atoms with Crippen LogP contribution < -0.4 is 13.6 Å². The first-order chi connectivity index (χ1) is 9.73. The van der Waals surface area contributed by atoms with Gasteiger partial charge in [0.05, 0.1) is 0 Å². The number of nitrogens with zero attached hydrogens (tertiary/aromatic N) is 3. The Morgan fingerprint density at radius 3 is 1.35 bits per heavy atom. The Kier molecular flexibility index (Phi) is 3.13. The fourth-order valence-corrected chi connectivity index (χ4v) is 2.32. The van der Waals surface area contributed by atoms with Gasteiger partial charge in [0.25, 0.3) is 0 Å². The number of phosphoric acid groups is 1. The normalized spacial score (nSPS) is 11.2. The molecule has 0 aliphatic rings. The van der Waals surface area contributed by atoms with Crippen LogP contribution in [0.2, 0.25) is 0 Å². The lowest BCUT2D eigenvalue weighted by Gasteiger charge is -2.14. The van der Waals surface area contributed by atoms with Crippen LogP contribution in [0.4, 0.5) is 0 Å². The molecule has 0 aliphatic carbocycles. The summed E-state index contributed by atoms with van der Waals surface area (Å²) in [6.45, 7) is 0. The molecule has 3 aromatic rings.